The highest BCUT2D eigenvalue weighted by Gasteiger charge is 2.14. The summed E-state index contributed by atoms with van der Waals surface area (Å²) in [4.78, 5) is 16.8. The number of ketones is 1. The van der Waals surface area contributed by atoms with Gasteiger partial charge in [-0.1, -0.05) is 45.6 Å². The predicted molar refractivity (Wildman–Crippen MR) is 90.5 cm³/mol. The van der Waals surface area contributed by atoms with E-state index in [0.29, 0.717) is 18.0 Å². The molecule has 0 radical (unpaired) electrons. The Balaban J connectivity index is 3.20. The molecule has 0 spiro atoms. The fraction of sp³-hybridized carbons (Fsp3) is 0.526. The van der Waals surface area contributed by atoms with E-state index in [1.807, 2.05) is 19.2 Å². The molecule has 0 aliphatic carbocycles. The zero-order valence-corrected chi connectivity index (χ0v) is 13.8. The Morgan fingerprint density at radius 2 is 2.05 bits per heavy atom. The molecule has 0 atom stereocenters. The van der Waals surface area contributed by atoms with E-state index in [4.69, 9.17) is 0 Å². The smallest absolute Gasteiger partial charge is 0.165 e. The van der Waals surface area contributed by atoms with Crippen LogP contribution in [0.4, 0.5) is 0 Å². The van der Waals surface area contributed by atoms with E-state index in [0.717, 1.165) is 31.3 Å². The van der Waals surface area contributed by atoms with Crippen molar-refractivity contribution >= 4 is 12.0 Å². The molecule has 0 saturated heterocycles. The van der Waals surface area contributed by atoms with Gasteiger partial charge >= 0.3 is 0 Å². The third-order valence-electron chi connectivity index (χ3n) is 3.83. The predicted octanol–water partition coefficient (Wildman–Crippen LogP) is 5.18. The van der Waals surface area contributed by atoms with Gasteiger partial charge in [0.1, 0.15) is 5.70 Å². The van der Waals surface area contributed by atoms with E-state index < -0.39 is 0 Å². The molecule has 0 aromatic rings. The molecule has 2 heteroatoms. The lowest BCUT2D eigenvalue weighted by Crippen LogP contribution is -2.06. The van der Waals surface area contributed by atoms with E-state index in [1.54, 1.807) is 0 Å². The van der Waals surface area contributed by atoms with Gasteiger partial charge in [-0.05, 0) is 43.3 Å². The van der Waals surface area contributed by atoms with Gasteiger partial charge in [0, 0.05) is 18.2 Å². The first-order valence-electron chi connectivity index (χ1n) is 8.09. The molecular weight excluding hydrogens is 258 g/mol. The molecule has 0 bridgehead atoms. The molecule has 0 saturated carbocycles. The topological polar surface area (TPSA) is 29.4 Å². The monoisotopic (exact) mass is 285 g/mol. The van der Waals surface area contributed by atoms with Crippen molar-refractivity contribution < 1.29 is 4.79 Å². The Labute approximate surface area is 129 Å². The van der Waals surface area contributed by atoms with Gasteiger partial charge < -0.3 is 0 Å². The Bertz CT molecular complexity index is 510. The lowest BCUT2D eigenvalue weighted by Gasteiger charge is -2.11. The van der Waals surface area contributed by atoms with Crippen molar-refractivity contribution in [2.45, 2.75) is 59.8 Å². The standard InChI is InChI=1S/C19H27NO/c1-5-15(6-2)13-17(19(21)8-4)18-12-10-9-11-16(7-3)14-20-18/h10-11,13-15H,5-9H2,1-4H3/b16-11-,17-13+,20-14?. The van der Waals surface area contributed by atoms with Gasteiger partial charge in [0.05, 0.1) is 0 Å². The maximum absolute atomic E-state index is 12.3. The normalized spacial score (nSPS) is 18.0. The number of hydrogen-bond acceptors (Lipinski definition) is 2. The van der Waals surface area contributed by atoms with Gasteiger partial charge in [-0.3, -0.25) is 4.79 Å². The van der Waals surface area contributed by atoms with Gasteiger partial charge in [0.15, 0.2) is 5.78 Å². The van der Waals surface area contributed by atoms with Crippen LogP contribution in [0.5, 0.6) is 0 Å². The first-order valence-corrected chi connectivity index (χ1v) is 8.09. The van der Waals surface area contributed by atoms with Gasteiger partial charge in [-0.2, -0.15) is 0 Å². The molecule has 21 heavy (non-hydrogen) atoms. The summed E-state index contributed by atoms with van der Waals surface area (Å²) >= 11 is 0. The first kappa shape index (κ1) is 17.4. The third-order valence-corrected chi connectivity index (χ3v) is 3.83. The van der Waals surface area contributed by atoms with Crippen LogP contribution in [-0.2, 0) is 4.79 Å². The molecule has 1 aliphatic rings. The summed E-state index contributed by atoms with van der Waals surface area (Å²) in [6, 6.07) is 0. The molecule has 0 fully saturated rings. The van der Waals surface area contributed by atoms with Crippen LogP contribution in [0, 0.1) is 5.92 Å². The summed E-state index contributed by atoms with van der Waals surface area (Å²) < 4.78 is 0. The average Bonchev–Trinajstić information content (AvgIpc) is 2.49. The number of rotatable bonds is 7. The minimum atomic E-state index is 0.151. The summed E-state index contributed by atoms with van der Waals surface area (Å²) in [7, 11) is 0. The van der Waals surface area contributed by atoms with Crippen LogP contribution < -0.4 is 0 Å². The Morgan fingerprint density at radius 1 is 1.33 bits per heavy atom. The molecule has 0 unspecified atom stereocenters. The second-order valence-corrected chi connectivity index (χ2v) is 5.26. The van der Waals surface area contributed by atoms with Crippen molar-refractivity contribution in [3.63, 3.8) is 0 Å². The van der Waals surface area contributed by atoms with Crippen molar-refractivity contribution in [1.29, 1.82) is 0 Å². The molecule has 1 heterocycles. The fourth-order valence-corrected chi connectivity index (χ4v) is 2.24. The molecular formula is C19H27NO. The molecule has 1 rings (SSSR count). The lowest BCUT2D eigenvalue weighted by atomic mass is 9.95. The molecule has 0 N–H and O–H groups in total. The van der Waals surface area contributed by atoms with E-state index >= 15 is 0 Å². The Morgan fingerprint density at radius 3 is 2.62 bits per heavy atom. The molecule has 0 aromatic carbocycles. The fourth-order valence-electron chi connectivity index (χ4n) is 2.24. The van der Waals surface area contributed by atoms with Gasteiger partial charge in [0.2, 0.25) is 0 Å². The minimum absolute atomic E-state index is 0.151. The van der Waals surface area contributed by atoms with Crippen molar-refractivity contribution in [2.24, 2.45) is 10.9 Å². The Kier molecular flexibility index (Phi) is 7.71. The zero-order valence-electron chi connectivity index (χ0n) is 13.8. The maximum Gasteiger partial charge on any atom is 0.165 e. The average molecular weight is 285 g/mol. The number of carbonyl (C=O) groups is 1. The highest BCUT2D eigenvalue weighted by molar-refractivity contribution is 5.99. The van der Waals surface area contributed by atoms with E-state index in [1.165, 1.54) is 5.57 Å². The van der Waals surface area contributed by atoms with Crippen LogP contribution in [0.25, 0.3) is 0 Å². The van der Waals surface area contributed by atoms with Crippen LogP contribution in [0.2, 0.25) is 0 Å². The van der Waals surface area contributed by atoms with Crippen LogP contribution in [0.15, 0.2) is 45.8 Å². The number of Topliss-reactive ketones (excluding diaryl/α,β-unsaturated/α-hetero) is 1. The third kappa shape index (κ3) is 5.32. The second-order valence-electron chi connectivity index (χ2n) is 5.26. The molecule has 1 aliphatic heterocycles. The number of hydrogen-bond donors (Lipinski definition) is 0. The largest absolute Gasteiger partial charge is 0.294 e. The van der Waals surface area contributed by atoms with Gasteiger partial charge in [-0.25, -0.2) is 4.99 Å². The van der Waals surface area contributed by atoms with Gasteiger partial charge in [0.25, 0.3) is 0 Å². The summed E-state index contributed by atoms with van der Waals surface area (Å²) in [6.45, 7) is 8.33. The lowest BCUT2D eigenvalue weighted by molar-refractivity contribution is -0.115. The van der Waals surface area contributed by atoms with Crippen molar-refractivity contribution in [1.82, 2.24) is 0 Å². The first-order chi connectivity index (χ1) is 10.2. The number of nitrogens with zero attached hydrogens (tertiary/aromatic N) is 1. The molecule has 114 valence electrons. The Hall–Kier alpha value is -1.66. The molecule has 0 amide bonds. The summed E-state index contributed by atoms with van der Waals surface area (Å²) in [6.07, 6.45) is 12.5. The summed E-state index contributed by atoms with van der Waals surface area (Å²) in [5, 5.41) is 0. The minimum Gasteiger partial charge on any atom is -0.294 e. The molecule has 0 aromatic heterocycles. The van der Waals surface area contributed by atoms with Crippen molar-refractivity contribution in [2.75, 3.05) is 0 Å². The maximum atomic E-state index is 12.3. The SMILES string of the molecule is CCC(=O)/C(=C/C(CC)CC)C1=C=CC/C=C(/CC)C=N1. The van der Waals surface area contributed by atoms with Crippen molar-refractivity contribution in [3.8, 4) is 0 Å². The van der Waals surface area contributed by atoms with E-state index in [9.17, 15) is 4.79 Å². The summed E-state index contributed by atoms with van der Waals surface area (Å²) in [5.41, 5.74) is 5.82. The van der Waals surface area contributed by atoms with E-state index in [-0.39, 0.29) is 5.78 Å². The number of aliphatic imine (C=N–C) groups is 1. The van der Waals surface area contributed by atoms with Crippen molar-refractivity contribution in [3.05, 3.63) is 40.8 Å². The van der Waals surface area contributed by atoms with Crippen LogP contribution in [0.3, 0.4) is 0 Å². The second kappa shape index (κ2) is 9.31. The highest BCUT2D eigenvalue weighted by Crippen LogP contribution is 2.21. The van der Waals surface area contributed by atoms with E-state index in [2.05, 4.69) is 43.6 Å². The zero-order chi connectivity index (χ0) is 15.7. The van der Waals surface area contributed by atoms with Crippen LogP contribution in [0.1, 0.15) is 59.8 Å². The molecule has 2 nitrogen and oxygen atoms in total. The quantitative estimate of drug-likeness (QED) is 0.468. The highest BCUT2D eigenvalue weighted by atomic mass is 16.1. The van der Waals surface area contributed by atoms with Crippen LogP contribution in [-0.4, -0.2) is 12.0 Å². The van der Waals surface area contributed by atoms with Gasteiger partial charge in [-0.15, -0.1) is 0 Å². The number of carbonyl (C=O) groups excluding carboxylic acids is 1. The van der Waals surface area contributed by atoms with Crippen LogP contribution >= 0.6 is 0 Å². The number of allylic oxidation sites excluding steroid dienone is 4. The summed E-state index contributed by atoms with van der Waals surface area (Å²) in [5.74, 6) is 0.573.